The van der Waals surface area contributed by atoms with Crippen LogP contribution in [0.3, 0.4) is 0 Å². The zero-order valence-corrected chi connectivity index (χ0v) is 10.9. The largest absolute Gasteiger partial charge is 0.317 e. The average Bonchev–Trinajstić information content (AvgIpc) is 2.25. The fourth-order valence-electron chi connectivity index (χ4n) is 1.63. The third-order valence-corrected chi connectivity index (χ3v) is 3.65. The summed E-state index contributed by atoms with van der Waals surface area (Å²) in [5, 5.41) is 3.02. The van der Waals surface area contributed by atoms with Gasteiger partial charge in [-0.2, -0.15) is 0 Å². The Bertz CT molecular complexity index is 459. The number of rotatable bonds is 6. The van der Waals surface area contributed by atoms with Crippen LogP contribution in [0.2, 0.25) is 0 Å². The molecule has 0 fully saturated rings. The molecule has 96 valence electrons. The maximum Gasteiger partial charge on any atom is 0.147 e. The van der Waals surface area contributed by atoms with Gasteiger partial charge in [0.25, 0.3) is 0 Å². The molecule has 0 spiro atoms. The van der Waals surface area contributed by atoms with E-state index in [9.17, 15) is 12.8 Å². The molecule has 1 atom stereocenters. The first-order valence-corrected chi connectivity index (χ1v) is 7.57. The highest BCUT2D eigenvalue weighted by Gasteiger charge is 2.13. The van der Waals surface area contributed by atoms with Gasteiger partial charge in [-0.3, -0.25) is 0 Å². The molecule has 0 amide bonds. The second-order valence-electron chi connectivity index (χ2n) is 4.20. The molecule has 1 aromatic rings. The normalized spacial score (nSPS) is 13.6. The monoisotopic (exact) mass is 259 g/mol. The minimum atomic E-state index is -2.97. The number of sulfone groups is 1. The van der Waals surface area contributed by atoms with E-state index in [-0.39, 0.29) is 17.6 Å². The van der Waals surface area contributed by atoms with E-state index in [0.717, 1.165) is 0 Å². The summed E-state index contributed by atoms with van der Waals surface area (Å²) in [6.07, 6.45) is 2.20. The van der Waals surface area contributed by atoms with Crippen molar-refractivity contribution >= 4 is 9.84 Å². The molecule has 1 rings (SSSR count). The standard InChI is InChI=1S/C12H18FNO2S/c1-14-11(7-8-17(2,15)16)9-10-5-3-4-6-12(10)13/h3-6,11,14H,7-9H2,1-2H3. The van der Waals surface area contributed by atoms with Gasteiger partial charge in [-0.1, -0.05) is 18.2 Å². The molecule has 0 aliphatic carbocycles. The smallest absolute Gasteiger partial charge is 0.147 e. The lowest BCUT2D eigenvalue weighted by atomic mass is 10.0. The summed E-state index contributed by atoms with van der Waals surface area (Å²) >= 11 is 0. The molecule has 0 saturated heterocycles. The number of hydrogen-bond donors (Lipinski definition) is 1. The van der Waals surface area contributed by atoms with E-state index in [0.29, 0.717) is 18.4 Å². The van der Waals surface area contributed by atoms with Crippen LogP contribution in [0.5, 0.6) is 0 Å². The van der Waals surface area contributed by atoms with E-state index in [4.69, 9.17) is 0 Å². The Morgan fingerprint density at radius 2 is 2.00 bits per heavy atom. The van der Waals surface area contributed by atoms with Crippen molar-refractivity contribution < 1.29 is 12.8 Å². The van der Waals surface area contributed by atoms with Crippen molar-refractivity contribution in [2.24, 2.45) is 0 Å². The SMILES string of the molecule is CNC(CCS(C)(=O)=O)Cc1ccccc1F. The third kappa shape index (κ3) is 5.28. The highest BCUT2D eigenvalue weighted by atomic mass is 32.2. The van der Waals surface area contributed by atoms with Crippen LogP contribution in [0.4, 0.5) is 4.39 Å². The van der Waals surface area contributed by atoms with Gasteiger partial charge in [0, 0.05) is 12.3 Å². The summed E-state index contributed by atoms with van der Waals surface area (Å²) in [5.74, 6) is -0.125. The summed E-state index contributed by atoms with van der Waals surface area (Å²) in [5.41, 5.74) is 0.611. The summed E-state index contributed by atoms with van der Waals surface area (Å²) in [4.78, 5) is 0. The van der Waals surface area contributed by atoms with Crippen molar-refractivity contribution in [1.82, 2.24) is 5.32 Å². The molecule has 0 aromatic heterocycles. The second-order valence-corrected chi connectivity index (χ2v) is 6.46. The van der Waals surface area contributed by atoms with Crippen molar-refractivity contribution in [3.63, 3.8) is 0 Å². The van der Waals surface area contributed by atoms with Gasteiger partial charge in [0.2, 0.25) is 0 Å². The number of hydrogen-bond acceptors (Lipinski definition) is 3. The summed E-state index contributed by atoms with van der Waals surface area (Å²) in [7, 11) is -1.21. The lowest BCUT2D eigenvalue weighted by molar-refractivity contribution is 0.518. The molecular weight excluding hydrogens is 241 g/mol. The van der Waals surface area contributed by atoms with Gasteiger partial charge in [0.05, 0.1) is 5.75 Å². The van der Waals surface area contributed by atoms with Gasteiger partial charge in [-0.15, -0.1) is 0 Å². The van der Waals surface area contributed by atoms with Crippen molar-refractivity contribution in [2.45, 2.75) is 18.9 Å². The van der Waals surface area contributed by atoms with E-state index in [1.165, 1.54) is 12.3 Å². The highest BCUT2D eigenvalue weighted by Crippen LogP contribution is 2.11. The number of benzene rings is 1. The van der Waals surface area contributed by atoms with Crippen LogP contribution in [0.1, 0.15) is 12.0 Å². The van der Waals surface area contributed by atoms with E-state index >= 15 is 0 Å². The molecule has 0 saturated carbocycles. The molecule has 0 bridgehead atoms. The van der Waals surface area contributed by atoms with Gasteiger partial charge >= 0.3 is 0 Å². The van der Waals surface area contributed by atoms with E-state index in [1.807, 2.05) is 0 Å². The van der Waals surface area contributed by atoms with Crippen molar-refractivity contribution in [3.8, 4) is 0 Å². The molecule has 0 heterocycles. The summed E-state index contributed by atoms with van der Waals surface area (Å²) in [6, 6.07) is 6.53. The first kappa shape index (κ1) is 14.1. The number of halogens is 1. The Kier molecular flexibility index (Phi) is 5.08. The Morgan fingerprint density at radius 3 is 2.53 bits per heavy atom. The molecule has 3 nitrogen and oxygen atoms in total. The minimum Gasteiger partial charge on any atom is -0.317 e. The summed E-state index contributed by atoms with van der Waals surface area (Å²) < 4.78 is 35.6. The van der Waals surface area contributed by atoms with Crippen LogP contribution in [-0.2, 0) is 16.3 Å². The molecule has 1 aromatic carbocycles. The van der Waals surface area contributed by atoms with Crippen LogP contribution in [-0.4, -0.2) is 33.5 Å². The molecule has 17 heavy (non-hydrogen) atoms. The first-order chi connectivity index (χ1) is 7.92. The summed E-state index contributed by atoms with van der Waals surface area (Å²) in [6.45, 7) is 0. The Morgan fingerprint density at radius 1 is 1.35 bits per heavy atom. The van der Waals surface area contributed by atoms with Crippen LogP contribution in [0, 0.1) is 5.82 Å². The van der Waals surface area contributed by atoms with E-state index < -0.39 is 9.84 Å². The number of nitrogens with one attached hydrogen (secondary N) is 1. The fourth-order valence-corrected chi connectivity index (χ4v) is 2.35. The topological polar surface area (TPSA) is 46.2 Å². The van der Waals surface area contributed by atoms with Gasteiger partial charge in [-0.25, -0.2) is 12.8 Å². The lowest BCUT2D eigenvalue weighted by Crippen LogP contribution is -2.30. The predicted molar refractivity (Wildman–Crippen MR) is 67.3 cm³/mol. The Balaban J connectivity index is 2.61. The predicted octanol–water partition coefficient (Wildman–Crippen LogP) is 1.39. The van der Waals surface area contributed by atoms with Crippen LogP contribution in [0.15, 0.2) is 24.3 Å². The minimum absolute atomic E-state index is 0.0263. The van der Waals surface area contributed by atoms with Gasteiger partial charge in [0.1, 0.15) is 15.7 Å². The zero-order valence-electron chi connectivity index (χ0n) is 10.1. The first-order valence-electron chi connectivity index (χ1n) is 5.51. The van der Waals surface area contributed by atoms with Crippen molar-refractivity contribution in [1.29, 1.82) is 0 Å². The molecular formula is C12H18FNO2S. The van der Waals surface area contributed by atoms with Crippen LogP contribution < -0.4 is 5.32 Å². The number of likely N-dealkylation sites (N-methyl/N-ethyl adjacent to an activating group) is 1. The van der Waals surface area contributed by atoms with Gasteiger partial charge in [0.15, 0.2) is 0 Å². The highest BCUT2D eigenvalue weighted by molar-refractivity contribution is 7.90. The Hall–Kier alpha value is -0.940. The maximum absolute atomic E-state index is 13.4. The molecule has 5 heteroatoms. The maximum atomic E-state index is 13.4. The quantitative estimate of drug-likeness (QED) is 0.840. The zero-order chi connectivity index (χ0) is 12.9. The van der Waals surface area contributed by atoms with Gasteiger partial charge < -0.3 is 5.32 Å². The second kappa shape index (κ2) is 6.12. The third-order valence-electron chi connectivity index (χ3n) is 2.67. The average molecular weight is 259 g/mol. The lowest BCUT2D eigenvalue weighted by Gasteiger charge is -2.16. The van der Waals surface area contributed by atoms with E-state index in [2.05, 4.69) is 5.32 Å². The molecule has 0 aliphatic heterocycles. The molecule has 1 unspecified atom stereocenters. The molecule has 0 aliphatic rings. The van der Waals surface area contributed by atoms with Crippen LogP contribution >= 0.6 is 0 Å². The fraction of sp³-hybridized carbons (Fsp3) is 0.500. The van der Waals surface area contributed by atoms with E-state index in [1.54, 1.807) is 25.2 Å². The molecule has 0 radical (unpaired) electrons. The van der Waals surface area contributed by atoms with Gasteiger partial charge in [-0.05, 0) is 31.5 Å². The van der Waals surface area contributed by atoms with Crippen LogP contribution in [0.25, 0.3) is 0 Å². The van der Waals surface area contributed by atoms with Crippen molar-refractivity contribution in [3.05, 3.63) is 35.6 Å². The molecule has 1 N–H and O–H groups in total. The van der Waals surface area contributed by atoms with Crippen molar-refractivity contribution in [2.75, 3.05) is 19.1 Å². The Labute approximate surface area is 102 Å².